The van der Waals surface area contributed by atoms with E-state index in [1.807, 2.05) is 0 Å². The minimum absolute atomic E-state index is 0.426. The van der Waals surface area contributed by atoms with Crippen LogP contribution in [-0.2, 0) is 4.74 Å². The summed E-state index contributed by atoms with van der Waals surface area (Å²) in [6, 6.07) is 0. The van der Waals surface area contributed by atoms with E-state index >= 15 is 0 Å². The summed E-state index contributed by atoms with van der Waals surface area (Å²) >= 11 is 0. The van der Waals surface area contributed by atoms with Crippen LogP contribution in [0.25, 0.3) is 0 Å². The second-order valence-electron chi connectivity index (χ2n) is 2.36. The van der Waals surface area contributed by atoms with Crippen LogP contribution in [-0.4, -0.2) is 12.5 Å². The zero-order valence-corrected chi connectivity index (χ0v) is 6.35. The number of alkyl halides is 3. The molecule has 1 unspecified atom stereocenters. The van der Waals surface area contributed by atoms with Crippen LogP contribution >= 0.6 is 0 Å². The first-order valence-electron chi connectivity index (χ1n) is 3.33. The normalized spacial score (nSPS) is 22.7. The SMILES string of the molecule is CC1=C=CC=CC1OC(F)(F)F. The maximum atomic E-state index is 11.7. The molecule has 0 spiro atoms. The average molecular weight is 176 g/mol. The van der Waals surface area contributed by atoms with Gasteiger partial charge in [-0.1, -0.05) is 12.2 Å². The van der Waals surface area contributed by atoms with Gasteiger partial charge in [0, 0.05) is 5.57 Å². The molecule has 12 heavy (non-hydrogen) atoms. The van der Waals surface area contributed by atoms with Gasteiger partial charge in [0.1, 0.15) is 6.10 Å². The third kappa shape index (κ3) is 2.57. The molecule has 0 N–H and O–H groups in total. The summed E-state index contributed by atoms with van der Waals surface area (Å²) in [5, 5.41) is 0. The molecule has 0 aromatic heterocycles. The van der Waals surface area contributed by atoms with Gasteiger partial charge in [-0.15, -0.1) is 18.9 Å². The highest BCUT2D eigenvalue weighted by Gasteiger charge is 2.33. The minimum Gasteiger partial charge on any atom is -0.279 e. The van der Waals surface area contributed by atoms with Crippen LogP contribution in [0.5, 0.6) is 0 Å². The first kappa shape index (κ1) is 9.10. The predicted octanol–water partition coefficient (Wildman–Crippen LogP) is 2.56. The van der Waals surface area contributed by atoms with Crippen LogP contribution in [0.15, 0.2) is 29.5 Å². The summed E-state index contributed by atoms with van der Waals surface area (Å²) in [6.07, 6.45) is -1.25. The van der Waals surface area contributed by atoms with Gasteiger partial charge >= 0.3 is 6.36 Å². The standard InChI is InChI=1S/C8H7F3O/c1-6-4-2-3-5-7(6)12-8(9,10)11/h2-3,5,7H,1H3. The number of hydrogen-bond donors (Lipinski definition) is 0. The highest BCUT2D eigenvalue weighted by Crippen LogP contribution is 2.23. The Morgan fingerprint density at radius 1 is 1.50 bits per heavy atom. The summed E-state index contributed by atoms with van der Waals surface area (Å²) < 4.78 is 38.9. The zero-order chi connectivity index (χ0) is 9.19. The molecular weight excluding hydrogens is 169 g/mol. The van der Waals surface area contributed by atoms with Crippen molar-refractivity contribution in [3.05, 3.63) is 29.5 Å². The van der Waals surface area contributed by atoms with Crippen molar-refractivity contribution in [1.29, 1.82) is 0 Å². The quantitative estimate of drug-likeness (QED) is 0.558. The molecule has 0 aliphatic heterocycles. The van der Waals surface area contributed by atoms with E-state index in [1.165, 1.54) is 19.1 Å². The number of rotatable bonds is 1. The fraction of sp³-hybridized carbons (Fsp3) is 0.375. The van der Waals surface area contributed by atoms with Gasteiger partial charge in [-0.2, -0.15) is 0 Å². The first-order valence-corrected chi connectivity index (χ1v) is 3.33. The molecule has 0 saturated heterocycles. The van der Waals surface area contributed by atoms with E-state index in [4.69, 9.17) is 0 Å². The maximum Gasteiger partial charge on any atom is 0.523 e. The molecule has 0 saturated carbocycles. The fourth-order valence-corrected chi connectivity index (χ4v) is 0.834. The molecule has 0 amide bonds. The van der Waals surface area contributed by atoms with Crippen LogP contribution in [0.1, 0.15) is 6.92 Å². The van der Waals surface area contributed by atoms with E-state index in [2.05, 4.69) is 10.5 Å². The Kier molecular flexibility index (Phi) is 2.40. The van der Waals surface area contributed by atoms with Gasteiger partial charge in [0.15, 0.2) is 0 Å². The zero-order valence-electron chi connectivity index (χ0n) is 6.35. The van der Waals surface area contributed by atoms with Crippen molar-refractivity contribution in [2.75, 3.05) is 0 Å². The smallest absolute Gasteiger partial charge is 0.279 e. The van der Waals surface area contributed by atoms with Gasteiger partial charge in [-0.25, -0.2) is 0 Å². The Bertz CT molecular complexity index is 256. The molecular formula is C8H7F3O. The van der Waals surface area contributed by atoms with Crippen molar-refractivity contribution in [1.82, 2.24) is 0 Å². The topological polar surface area (TPSA) is 9.23 Å². The second-order valence-corrected chi connectivity index (χ2v) is 2.36. The van der Waals surface area contributed by atoms with E-state index in [9.17, 15) is 13.2 Å². The van der Waals surface area contributed by atoms with Crippen molar-refractivity contribution in [2.24, 2.45) is 0 Å². The molecule has 0 heterocycles. The van der Waals surface area contributed by atoms with Crippen LogP contribution in [0.3, 0.4) is 0 Å². The van der Waals surface area contributed by atoms with Crippen molar-refractivity contribution in [3.63, 3.8) is 0 Å². The fourth-order valence-electron chi connectivity index (χ4n) is 0.834. The molecule has 4 heteroatoms. The molecule has 1 rings (SSSR count). The Morgan fingerprint density at radius 3 is 2.67 bits per heavy atom. The van der Waals surface area contributed by atoms with Crippen LogP contribution < -0.4 is 0 Å². The van der Waals surface area contributed by atoms with Crippen molar-refractivity contribution < 1.29 is 17.9 Å². The minimum atomic E-state index is -4.59. The molecule has 1 aliphatic rings. The lowest BCUT2D eigenvalue weighted by Crippen LogP contribution is -2.23. The Labute approximate surface area is 67.8 Å². The van der Waals surface area contributed by atoms with Gasteiger partial charge in [-0.05, 0) is 13.0 Å². The number of allylic oxidation sites excluding steroid dienone is 1. The van der Waals surface area contributed by atoms with Crippen molar-refractivity contribution in [2.45, 2.75) is 19.4 Å². The Morgan fingerprint density at radius 2 is 2.17 bits per heavy atom. The van der Waals surface area contributed by atoms with Crippen LogP contribution in [0.4, 0.5) is 13.2 Å². The molecule has 0 fully saturated rings. The largest absolute Gasteiger partial charge is 0.523 e. The molecule has 1 aliphatic carbocycles. The summed E-state index contributed by atoms with van der Waals surface area (Å²) in [6.45, 7) is 1.54. The predicted molar refractivity (Wildman–Crippen MR) is 37.3 cm³/mol. The van der Waals surface area contributed by atoms with Gasteiger partial charge in [0.05, 0.1) is 0 Å². The van der Waals surface area contributed by atoms with Gasteiger partial charge in [-0.3, -0.25) is 4.74 Å². The lowest BCUT2D eigenvalue weighted by atomic mass is 10.1. The summed E-state index contributed by atoms with van der Waals surface area (Å²) in [4.78, 5) is 0. The number of hydrogen-bond acceptors (Lipinski definition) is 1. The van der Waals surface area contributed by atoms with Crippen molar-refractivity contribution >= 4 is 0 Å². The van der Waals surface area contributed by atoms with Gasteiger partial charge < -0.3 is 0 Å². The van der Waals surface area contributed by atoms with Crippen molar-refractivity contribution in [3.8, 4) is 0 Å². The highest BCUT2D eigenvalue weighted by molar-refractivity contribution is 5.22. The lowest BCUT2D eigenvalue weighted by Gasteiger charge is -2.16. The molecule has 0 radical (unpaired) electrons. The van der Waals surface area contributed by atoms with E-state index in [-0.39, 0.29) is 0 Å². The van der Waals surface area contributed by atoms with Crippen LogP contribution in [0, 0.1) is 0 Å². The summed E-state index contributed by atoms with van der Waals surface area (Å²) in [5.41, 5.74) is 3.06. The lowest BCUT2D eigenvalue weighted by molar-refractivity contribution is -0.331. The second kappa shape index (κ2) is 3.17. The number of ether oxygens (including phenoxy) is 1. The molecule has 1 atom stereocenters. The molecule has 0 bridgehead atoms. The first-order chi connectivity index (χ1) is 5.49. The van der Waals surface area contributed by atoms with E-state index in [0.717, 1.165) is 0 Å². The Hall–Kier alpha value is -0.990. The number of halogens is 3. The molecule has 1 nitrogen and oxygen atoms in total. The molecule has 0 aromatic carbocycles. The summed E-state index contributed by atoms with van der Waals surface area (Å²) in [7, 11) is 0. The summed E-state index contributed by atoms with van der Waals surface area (Å²) in [5.74, 6) is 0. The van der Waals surface area contributed by atoms with Gasteiger partial charge in [0.2, 0.25) is 0 Å². The third-order valence-electron chi connectivity index (χ3n) is 1.38. The average Bonchev–Trinajstić information content (AvgIpc) is 1.91. The van der Waals surface area contributed by atoms with E-state index in [1.54, 1.807) is 6.08 Å². The van der Waals surface area contributed by atoms with Gasteiger partial charge in [0.25, 0.3) is 0 Å². The maximum absolute atomic E-state index is 11.7. The third-order valence-corrected chi connectivity index (χ3v) is 1.38. The van der Waals surface area contributed by atoms with E-state index in [0.29, 0.717) is 5.57 Å². The van der Waals surface area contributed by atoms with E-state index < -0.39 is 12.5 Å². The molecule has 66 valence electrons. The molecule has 0 aromatic rings. The highest BCUT2D eigenvalue weighted by atomic mass is 19.4. The Balaban J connectivity index is 2.67. The monoisotopic (exact) mass is 176 g/mol. The van der Waals surface area contributed by atoms with Crippen LogP contribution in [0.2, 0.25) is 0 Å².